The van der Waals surface area contributed by atoms with Crippen LogP contribution in [0.25, 0.3) is 10.9 Å². The van der Waals surface area contributed by atoms with E-state index in [1.54, 1.807) is 0 Å². The lowest BCUT2D eigenvalue weighted by Crippen LogP contribution is -2.41. The molecule has 0 saturated carbocycles. The fourth-order valence-electron chi connectivity index (χ4n) is 2.07. The zero-order chi connectivity index (χ0) is 12.6. The van der Waals surface area contributed by atoms with Crippen LogP contribution in [0.1, 0.15) is 19.4 Å². The van der Waals surface area contributed by atoms with Crippen LogP contribution in [0, 0.1) is 6.92 Å². The third-order valence-electron chi connectivity index (χ3n) is 3.80. The summed E-state index contributed by atoms with van der Waals surface area (Å²) >= 11 is 0. The molecule has 92 valence electrons. The highest BCUT2D eigenvalue weighted by Gasteiger charge is 2.21. The molecule has 0 amide bonds. The molecule has 2 heteroatoms. The normalized spacial score (nSPS) is 12.6. The van der Waals surface area contributed by atoms with Gasteiger partial charge in [0.25, 0.3) is 0 Å². The van der Waals surface area contributed by atoms with Gasteiger partial charge in [0.05, 0.1) is 0 Å². The molecular weight excluding hydrogens is 208 g/mol. The SMILES string of the molecule is Cc1cccc2c1ccn2CC(C)(C)N(C)C. The Kier molecular flexibility index (Phi) is 3.00. The number of benzene rings is 1. The van der Waals surface area contributed by atoms with E-state index in [2.05, 4.69) is 74.8 Å². The topological polar surface area (TPSA) is 8.17 Å². The van der Waals surface area contributed by atoms with E-state index in [-0.39, 0.29) is 5.54 Å². The Morgan fingerprint density at radius 3 is 2.53 bits per heavy atom. The Hall–Kier alpha value is -1.28. The molecule has 17 heavy (non-hydrogen) atoms. The predicted octanol–water partition coefficient (Wildman–Crippen LogP) is 3.29. The highest BCUT2D eigenvalue weighted by Crippen LogP contribution is 2.22. The first-order valence-corrected chi connectivity index (χ1v) is 6.14. The summed E-state index contributed by atoms with van der Waals surface area (Å²) in [5.74, 6) is 0. The fourth-order valence-corrected chi connectivity index (χ4v) is 2.07. The number of fused-ring (bicyclic) bond motifs is 1. The Morgan fingerprint density at radius 2 is 1.88 bits per heavy atom. The molecule has 0 atom stereocenters. The molecule has 0 aliphatic carbocycles. The van der Waals surface area contributed by atoms with Gasteiger partial charge < -0.3 is 9.47 Å². The molecule has 0 unspecified atom stereocenters. The number of hydrogen-bond donors (Lipinski definition) is 0. The second-order valence-corrected chi connectivity index (χ2v) is 5.66. The molecule has 2 nitrogen and oxygen atoms in total. The molecule has 0 fully saturated rings. The van der Waals surface area contributed by atoms with Crippen LogP contribution in [-0.4, -0.2) is 29.1 Å². The summed E-state index contributed by atoms with van der Waals surface area (Å²) in [5.41, 5.74) is 2.85. The Morgan fingerprint density at radius 1 is 1.18 bits per heavy atom. The van der Waals surface area contributed by atoms with Crippen molar-refractivity contribution in [2.24, 2.45) is 0 Å². The van der Waals surface area contributed by atoms with Gasteiger partial charge in [-0.05, 0) is 52.6 Å². The summed E-state index contributed by atoms with van der Waals surface area (Å²) in [6, 6.07) is 8.73. The van der Waals surface area contributed by atoms with Gasteiger partial charge in [0.15, 0.2) is 0 Å². The Bertz CT molecular complexity index is 521. The lowest BCUT2D eigenvalue weighted by atomic mass is 10.0. The number of aryl methyl sites for hydroxylation is 1. The highest BCUT2D eigenvalue weighted by atomic mass is 15.2. The minimum absolute atomic E-state index is 0.162. The van der Waals surface area contributed by atoms with Gasteiger partial charge in [0, 0.05) is 29.2 Å². The van der Waals surface area contributed by atoms with Gasteiger partial charge in [0.2, 0.25) is 0 Å². The van der Waals surface area contributed by atoms with Crippen LogP contribution in [0.15, 0.2) is 30.5 Å². The monoisotopic (exact) mass is 230 g/mol. The maximum atomic E-state index is 2.35. The average molecular weight is 230 g/mol. The van der Waals surface area contributed by atoms with Crippen molar-refractivity contribution in [3.05, 3.63) is 36.0 Å². The van der Waals surface area contributed by atoms with Crippen LogP contribution in [0.2, 0.25) is 0 Å². The molecule has 0 radical (unpaired) electrons. The van der Waals surface area contributed by atoms with E-state index in [1.165, 1.54) is 16.5 Å². The third kappa shape index (κ3) is 2.22. The fraction of sp³-hybridized carbons (Fsp3) is 0.467. The van der Waals surface area contributed by atoms with Gasteiger partial charge >= 0.3 is 0 Å². The van der Waals surface area contributed by atoms with E-state index in [0.29, 0.717) is 0 Å². The molecule has 2 rings (SSSR count). The minimum atomic E-state index is 0.162. The third-order valence-corrected chi connectivity index (χ3v) is 3.80. The second-order valence-electron chi connectivity index (χ2n) is 5.66. The zero-order valence-corrected chi connectivity index (χ0v) is 11.5. The summed E-state index contributed by atoms with van der Waals surface area (Å²) in [6.07, 6.45) is 2.20. The van der Waals surface area contributed by atoms with Crippen molar-refractivity contribution in [2.45, 2.75) is 32.9 Å². The maximum Gasteiger partial charge on any atom is 0.0483 e. The average Bonchev–Trinajstić information content (AvgIpc) is 2.62. The van der Waals surface area contributed by atoms with E-state index < -0.39 is 0 Å². The molecular formula is C15H22N2. The van der Waals surface area contributed by atoms with Crippen molar-refractivity contribution in [1.82, 2.24) is 9.47 Å². The van der Waals surface area contributed by atoms with Gasteiger partial charge in [-0.2, -0.15) is 0 Å². The lowest BCUT2D eigenvalue weighted by molar-refractivity contribution is 0.171. The van der Waals surface area contributed by atoms with Crippen LogP contribution in [0.3, 0.4) is 0 Å². The van der Waals surface area contributed by atoms with E-state index in [0.717, 1.165) is 6.54 Å². The summed E-state index contributed by atoms with van der Waals surface area (Å²) < 4.78 is 2.35. The molecule has 1 aromatic heterocycles. The van der Waals surface area contributed by atoms with Gasteiger partial charge in [-0.3, -0.25) is 0 Å². The van der Waals surface area contributed by atoms with Crippen LogP contribution in [0.5, 0.6) is 0 Å². The second kappa shape index (κ2) is 4.19. The maximum absolute atomic E-state index is 2.35. The summed E-state index contributed by atoms with van der Waals surface area (Å²) in [7, 11) is 4.27. The number of aromatic nitrogens is 1. The van der Waals surface area contributed by atoms with Crippen LogP contribution in [0.4, 0.5) is 0 Å². The van der Waals surface area contributed by atoms with Crippen LogP contribution < -0.4 is 0 Å². The van der Waals surface area contributed by atoms with Crippen molar-refractivity contribution in [1.29, 1.82) is 0 Å². The zero-order valence-electron chi connectivity index (χ0n) is 11.5. The van der Waals surface area contributed by atoms with E-state index >= 15 is 0 Å². The minimum Gasteiger partial charge on any atom is -0.346 e. The Labute approximate surface area is 104 Å². The number of rotatable bonds is 3. The van der Waals surface area contributed by atoms with Crippen LogP contribution >= 0.6 is 0 Å². The van der Waals surface area contributed by atoms with Gasteiger partial charge in [0.1, 0.15) is 0 Å². The van der Waals surface area contributed by atoms with Crippen molar-refractivity contribution < 1.29 is 0 Å². The van der Waals surface area contributed by atoms with Crippen LogP contribution in [-0.2, 0) is 6.54 Å². The van der Waals surface area contributed by atoms with Crippen molar-refractivity contribution in [2.75, 3.05) is 14.1 Å². The number of nitrogens with zero attached hydrogens (tertiary/aromatic N) is 2. The van der Waals surface area contributed by atoms with Crippen molar-refractivity contribution in [3.8, 4) is 0 Å². The number of likely N-dealkylation sites (N-methyl/N-ethyl adjacent to an activating group) is 1. The molecule has 0 aliphatic heterocycles. The molecule has 1 aromatic carbocycles. The quantitative estimate of drug-likeness (QED) is 0.785. The number of hydrogen-bond acceptors (Lipinski definition) is 1. The largest absolute Gasteiger partial charge is 0.346 e. The Balaban J connectivity index is 2.41. The summed E-state index contributed by atoms with van der Waals surface area (Å²) in [6.45, 7) is 7.72. The molecule has 0 bridgehead atoms. The predicted molar refractivity (Wildman–Crippen MR) is 74.4 cm³/mol. The first-order valence-electron chi connectivity index (χ1n) is 6.14. The van der Waals surface area contributed by atoms with E-state index in [4.69, 9.17) is 0 Å². The standard InChI is InChI=1S/C15H22N2/c1-12-7-6-8-14-13(12)9-10-17(14)11-15(2,3)16(4)5/h6-10H,11H2,1-5H3. The summed E-state index contributed by atoms with van der Waals surface area (Å²) in [5, 5.41) is 1.36. The molecule has 0 N–H and O–H groups in total. The summed E-state index contributed by atoms with van der Waals surface area (Å²) in [4.78, 5) is 2.27. The van der Waals surface area contributed by atoms with Gasteiger partial charge in [-0.25, -0.2) is 0 Å². The van der Waals surface area contributed by atoms with E-state index in [9.17, 15) is 0 Å². The van der Waals surface area contributed by atoms with Gasteiger partial charge in [-0.1, -0.05) is 12.1 Å². The molecule has 0 saturated heterocycles. The molecule has 1 heterocycles. The first kappa shape index (κ1) is 12.2. The smallest absolute Gasteiger partial charge is 0.0483 e. The first-order chi connectivity index (χ1) is 7.92. The van der Waals surface area contributed by atoms with Gasteiger partial charge in [-0.15, -0.1) is 0 Å². The molecule has 0 spiro atoms. The van der Waals surface area contributed by atoms with Crippen molar-refractivity contribution >= 4 is 10.9 Å². The van der Waals surface area contributed by atoms with E-state index in [1.807, 2.05) is 0 Å². The highest BCUT2D eigenvalue weighted by molar-refractivity contribution is 5.83. The molecule has 2 aromatic rings. The lowest BCUT2D eigenvalue weighted by Gasteiger charge is -2.33. The van der Waals surface area contributed by atoms with Crippen molar-refractivity contribution in [3.63, 3.8) is 0 Å². The molecule has 0 aliphatic rings.